The van der Waals surface area contributed by atoms with Gasteiger partial charge in [-0.1, -0.05) is 393 Å². The van der Waals surface area contributed by atoms with Crippen molar-refractivity contribution in [2.24, 2.45) is 0 Å². The Labute approximate surface area is 640 Å². The van der Waals surface area contributed by atoms with Crippen LogP contribution in [0, 0.1) is 0 Å². The van der Waals surface area contributed by atoms with Gasteiger partial charge in [-0.3, -0.25) is 0 Å². The fourth-order valence-corrected chi connectivity index (χ4v) is 15.8. The number of anilines is 3. The predicted octanol–water partition coefficient (Wildman–Crippen LogP) is 29.9. The SMILES string of the molecule is CC(C)(C)c1cc(-c2cc(C(C)(C)C)cc(C(C)(C)C)c2)cc(N(c2ccc3c(c2)C(C)(C)c2ccccc2-3)c2ccccc2-c2ccccc2)c1.CC(C)(C)c1cc(Br)cc(-c2cc(C(C)(C)C)cc(C(C)(C)C)c2)c1.CC1(C)c2ccccc2-c2ccc(Cc3ccccc3-c3ccccc3)cc21. The number of fused-ring (bicyclic) bond motifs is 6. The van der Waals surface area contributed by atoms with Gasteiger partial charge in [0, 0.05) is 32.2 Å². The highest BCUT2D eigenvalue weighted by atomic mass is 79.9. The third-order valence-corrected chi connectivity index (χ3v) is 22.5. The molecule has 0 unspecified atom stereocenters. The first-order valence-electron chi connectivity index (χ1n) is 38.1. The molecule has 536 valence electrons. The van der Waals surface area contributed by atoms with Crippen LogP contribution in [0.15, 0.2) is 271 Å². The molecule has 0 aromatic heterocycles. The lowest BCUT2D eigenvalue weighted by Gasteiger charge is -2.32. The van der Waals surface area contributed by atoms with Crippen LogP contribution in [0.25, 0.3) is 66.8 Å². The summed E-state index contributed by atoms with van der Waals surface area (Å²) in [4.78, 5) is 2.51. The van der Waals surface area contributed by atoms with E-state index in [1.54, 1.807) is 0 Å². The highest BCUT2D eigenvalue weighted by Gasteiger charge is 2.38. The lowest BCUT2D eigenvalue weighted by molar-refractivity contribution is 0.568. The molecule has 105 heavy (non-hydrogen) atoms. The largest absolute Gasteiger partial charge is 0.310 e. The topological polar surface area (TPSA) is 3.24 Å². The fourth-order valence-electron chi connectivity index (χ4n) is 15.3. The van der Waals surface area contributed by atoms with E-state index >= 15 is 0 Å². The molecule has 12 aromatic rings. The molecule has 0 atom stereocenters. The lowest BCUT2D eigenvalue weighted by atomic mass is 9.78. The summed E-state index contributed by atoms with van der Waals surface area (Å²) in [6, 6.07) is 99.6. The van der Waals surface area contributed by atoms with Gasteiger partial charge in [-0.25, -0.2) is 0 Å². The van der Waals surface area contributed by atoms with Crippen LogP contribution < -0.4 is 4.90 Å². The average molecular weight is 1440 g/mol. The third-order valence-electron chi connectivity index (χ3n) is 22.0. The van der Waals surface area contributed by atoms with Crippen LogP contribution in [0.4, 0.5) is 17.1 Å². The molecule has 2 aliphatic carbocycles. The first-order chi connectivity index (χ1) is 49.2. The Morgan fingerprint density at radius 1 is 0.257 bits per heavy atom. The summed E-state index contributed by atoms with van der Waals surface area (Å²) >= 11 is 3.72. The second-order valence-corrected chi connectivity index (χ2v) is 37.9. The van der Waals surface area contributed by atoms with Crippen molar-refractivity contribution >= 4 is 33.0 Å². The minimum atomic E-state index is -0.109. The summed E-state index contributed by atoms with van der Waals surface area (Å²) in [5, 5.41) is 0. The van der Waals surface area contributed by atoms with Crippen molar-refractivity contribution in [1.82, 2.24) is 0 Å². The van der Waals surface area contributed by atoms with Crippen molar-refractivity contribution in [3.8, 4) is 66.8 Å². The zero-order valence-electron chi connectivity index (χ0n) is 66.9. The molecular weight excluding hydrogens is 1330 g/mol. The molecule has 2 heteroatoms. The van der Waals surface area contributed by atoms with Gasteiger partial charge in [0.1, 0.15) is 0 Å². The van der Waals surface area contributed by atoms with Crippen LogP contribution in [-0.4, -0.2) is 0 Å². The van der Waals surface area contributed by atoms with Crippen LogP contribution in [0.5, 0.6) is 0 Å². The Morgan fingerprint density at radius 2 is 0.600 bits per heavy atom. The van der Waals surface area contributed by atoms with Crippen LogP contribution in [0.2, 0.25) is 0 Å². The maximum absolute atomic E-state index is 3.72. The van der Waals surface area contributed by atoms with E-state index in [-0.39, 0.29) is 43.3 Å². The van der Waals surface area contributed by atoms with Crippen molar-refractivity contribution in [2.45, 2.75) is 202 Å². The Kier molecular flexibility index (Phi) is 20.6. The van der Waals surface area contributed by atoms with Crippen molar-refractivity contribution < 1.29 is 0 Å². The molecule has 2 aliphatic rings. The smallest absolute Gasteiger partial charge is 0.0540 e. The average Bonchev–Trinajstić information content (AvgIpc) is 1.63. The van der Waals surface area contributed by atoms with Crippen LogP contribution in [-0.2, 0) is 49.7 Å². The molecule has 12 aromatic carbocycles. The maximum atomic E-state index is 3.72. The summed E-state index contributed by atoms with van der Waals surface area (Å²) in [5.74, 6) is 0. The third kappa shape index (κ3) is 16.2. The Hall–Kier alpha value is -9.08. The van der Waals surface area contributed by atoms with Crippen LogP contribution in [0.3, 0.4) is 0 Å². The van der Waals surface area contributed by atoms with Crippen LogP contribution >= 0.6 is 15.9 Å². The second kappa shape index (κ2) is 28.7. The minimum Gasteiger partial charge on any atom is -0.310 e. The normalized spacial score (nSPS) is 13.7. The summed E-state index contributed by atoms with van der Waals surface area (Å²) in [5.41, 5.74) is 36.0. The molecule has 0 radical (unpaired) electrons. The summed E-state index contributed by atoms with van der Waals surface area (Å²) in [6.07, 6.45) is 0.949. The van der Waals surface area contributed by atoms with Gasteiger partial charge in [0.25, 0.3) is 0 Å². The van der Waals surface area contributed by atoms with Crippen molar-refractivity contribution in [2.75, 3.05) is 4.90 Å². The highest BCUT2D eigenvalue weighted by Crippen LogP contribution is 2.53. The van der Waals surface area contributed by atoms with E-state index in [1.165, 1.54) is 139 Å². The van der Waals surface area contributed by atoms with E-state index in [1.807, 2.05) is 0 Å². The van der Waals surface area contributed by atoms with Gasteiger partial charge < -0.3 is 4.90 Å². The molecule has 0 saturated carbocycles. The number of benzene rings is 12. The Balaban J connectivity index is 0.000000164. The van der Waals surface area contributed by atoms with Gasteiger partial charge in [0.15, 0.2) is 0 Å². The molecule has 0 bridgehead atoms. The molecule has 0 fully saturated rings. The van der Waals surface area contributed by atoms with Crippen molar-refractivity contribution in [1.29, 1.82) is 0 Å². The monoisotopic (exact) mass is 1440 g/mol. The molecule has 0 saturated heterocycles. The molecule has 1 nitrogen and oxygen atoms in total. The summed E-state index contributed by atoms with van der Waals surface area (Å²) in [7, 11) is 0. The van der Waals surface area contributed by atoms with E-state index in [4.69, 9.17) is 0 Å². The van der Waals surface area contributed by atoms with Gasteiger partial charge in [-0.15, -0.1) is 0 Å². The number of nitrogens with zero attached hydrogens (tertiary/aromatic N) is 1. The van der Waals surface area contributed by atoms with E-state index < -0.39 is 0 Å². The number of para-hydroxylation sites is 1. The summed E-state index contributed by atoms with van der Waals surface area (Å²) < 4.78 is 1.15. The molecule has 0 amide bonds. The first kappa shape index (κ1) is 75.6. The van der Waals surface area contributed by atoms with E-state index in [0.29, 0.717) is 0 Å². The minimum absolute atomic E-state index is 0.0237. The van der Waals surface area contributed by atoms with Gasteiger partial charge >= 0.3 is 0 Å². The molecule has 0 N–H and O–H groups in total. The number of halogens is 1. The maximum Gasteiger partial charge on any atom is 0.0540 e. The number of hydrogen-bond acceptors (Lipinski definition) is 1. The first-order valence-corrected chi connectivity index (χ1v) is 38.9. The standard InChI is InChI=1S/C51H55N.C28H24.C24H33Br/c1-48(2,3)37-27-35(28-38(31-37)49(4,5)6)36-29-39(50(7,8)9)32-41(30-36)52(47-24-18-16-21-42(47)34-19-13-12-14-20-34)40-25-26-44-43-22-15-17-23-45(43)51(10,11)46(44)33-40;1-28(2)26-15-9-8-14-24(26)25-17-16-20(19-27(25)28)18-22-12-6-7-13-23(22)21-10-4-3-5-11-21;1-22(2,3)18-10-16(11-19(14-18)23(4,5)6)17-12-20(24(7,8)9)15-21(25)13-17/h12-33H,1-11H3;3-17,19H,18H2,1-2H3;10-15H,1-9H3. The van der Waals surface area contributed by atoms with E-state index in [2.05, 4.69) is 440 Å². The number of hydrogen-bond donors (Lipinski definition) is 0. The molecule has 0 heterocycles. The predicted molar refractivity (Wildman–Crippen MR) is 460 cm³/mol. The van der Waals surface area contributed by atoms with Gasteiger partial charge in [-0.05, 0) is 209 Å². The lowest BCUT2D eigenvalue weighted by Crippen LogP contribution is -2.18. The second-order valence-electron chi connectivity index (χ2n) is 37.0. The Morgan fingerprint density at radius 3 is 1.07 bits per heavy atom. The van der Waals surface area contributed by atoms with Gasteiger partial charge in [0.05, 0.1) is 5.69 Å². The van der Waals surface area contributed by atoms with Gasteiger partial charge in [0.2, 0.25) is 0 Å². The van der Waals surface area contributed by atoms with E-state index in [0.717, 1.165) is 22.3 Å². The van der Waals surface area contributed by atoms with Crippen molar-refractivity contribution in [3.05, 3.63) is 338 Å². The molecular formula is C103H112BrN. The zero-order chi connectivity index (χ0) is 75.6. The van der Waals surface area contributed by atoms with Crippen LogP contribution in [0.1, 0.15) is 219 Å². The number of rotatable bonds is 9. The highest BCUT2D eigenvalue weighted by molar-refractivity contribution is 9.10. The van der Waals surface area contributed by atoms with E-state index in [9.17, 15) is 0 Å². The van der Waals surface area contributed by atoms with Crippen molar-refractivity contribution in [3.63, 3.8) is 0 Å². The molecule has 0 spiro atoms. The van der Waals surface area contributed by atoms with Gasteiger partial charge in [-0.2, -0.15) is 0 Å². The Bertz CT molecular complexity index is 5080. The molecule has 14 rings (SSSR count). The summed E-state index contributed by atoms with van der Waals surface area (Å²) in [6.45, 7) is 50.9. The zero-order valence-corrected chi connectivity index (χ0v) is 68.5. The fraction of sp³-hybridized carbons (Fsp3) is 0.301. The molecule has 0 aliphatic heterocycles. The quantitative estimate of drug-likeness (QED) is 0.139.